The Hall–Kier alpha value is -1.30. The van der Waals surface area contributed by atoms with Crippen LogP contribution in [0.1, 0.15) is 22.0 Å². The first kappa shape index (κ1) is 11.2. The van der Waals surface area contributed by atoms with Gasteiger partial charge in [-0.25, -0.2) is 9.82 Å². The van der Waals surface area contributed by atoms with E-state index in [4.69, 9.17) is 5.84 Å². The number of rotatable bonds is 3. The Balaban J connectivity index is 2.40. The van der Waals surface area contributed by atoms with Gasteiger partial charge in [0.1, 0.15) is 5.82 Å². The number of aryl methyl sites for hydroxylation is 1. The summed E-state index contributed by atoms with van der Waals surface area (Å²) in [5.74, 6) is 5.17. The zero-order valence-electron chi connectivity index (χ0n) is 8.77. The topological polar surface area (TPSA) is 50.9 Å². The summed E-state index contributed by atoms with van der Waals surface area (Å²) in [4.78, 5) is 4.91. The molecule has 3 nitrogen and oxygen atoms in total. The molecule has 0 saturated carbocycles. The molecule has 0 saturated heterocycles. The molecule has 2 rings (SSSR count). The minimum absolute atomic E-state index is 0.205. The summed E-state index contributed by atoms with van der Waals surface area (Å²) in [7, 11) is 0. The van der Waals surface area contributed by atoms with Gasteiger partial charge >= 0.3 is 0 Å². The molecule has 84 valence electrons. The molecule has 0 aliphatic heterocycles. The molecule has 1 atom stereocenters. The van der Waals surface area contributed by atoms with Gasteiger partial charge in [-0.3, -0.25) is 10.8 Å². The molecular weight excluding hydrogens is 225 g/mol. The highest BCUT2D eigenvalue weighted by molar-refractivity contribution is 7.10. The van der Waals surface area contributed by atoms with Crippen LogP contribution in [0.4, 0.5) is 4.39 Å². The lowest BCUT2D eigenvalue weighted by molar-refractivity contribution is 0.600. The van der Waals surface area contributed by atoms with Crippen molar-refractivity contribution in [3.63, 3.8) is 0 Å². The molecule has 2 heterocycles. The third-order valence-corrected chi connectivity index (χ3v) is 3.47. The average Bonchev–Trinajstić information content (AvgIpc) is 2.67. The first-order chi connectivity index (χ1) is 7.72. The van der Waals surface area contributed by atoms with Gasteiger partial charge in [0.25, 0.3) is 0 Å². The van der Waals surface area contributed by atoms with Crippen molar-refractivity contribution >= 4 is 11.3 Å². The minimum Gasteiger partial charge on any atom is -0.271 e. The average molecular weight is 237 g/mol. The molecule has 5 heteroatoms. The molecule has 3 N–H and O–H groups in total. The van der Waals surface area contributed by atoms with Gasteiger partial charge in [-0.15, -0.1) is 11.3 Å². The van der Waals surface area contributed by atoms with Gasteiger partial charge in [-0.1, -0.05) is 0 Å². The fourth-order valence-corrected chi connectivity index (χ4v) is 2.60. The molecule has 1 unspecified atom stereocenters. The first-order valence-electron chi connectivity index (χ1n) is 4.83. The second-order valence-corrected chi connectivity index (χ2v) is 4.45. The molecule has 0 bridgehead atoms. The fourth-order valence-electron chi connectivity index (χ4n) is 1.59. The van der Waals surface area contributed by atoms with E-state index in [1.165, 1.54) is 12.3 Å². The quantitative estimate of drug-likeness (QED) is 0.635. The molecule has 0 fully saturated rings. The smallest absolute Gasteiger partial charge is 0.141 e. The monoisotopic (exact) mass is 237 g/mol. The van der Waals surface area contributed by atoms with Crippen LogP contribution in [0, 0.1) is 12.7 Å². The van der Waals surface area contributed by atoms with E-state index in [1.807, 2.05) is 18.4 Å². The minimum atomic E-state index is -0.355. The predicted molar refractivity (Wildman–Crippen MR) is 62.4 cm³/mol. The SMILES string of the molecule is Cc1ccsc1C(NN)c1cncc(F)c1. The normalized spacial score (nSPS) is 12.7. The van der Waals surface area contributed by atoms with Gasteiger partial charge in [0.05, 0.1) is 12.2 Å². The molecular formula is C11H12FN3S. The summed E-state index contributed by atoms with van der Waals surface area (Å²) in [6.45, 7) is 2.00. The van der Waals surface area contributed by atoms with Gasteiger partial charge in [0.2, 0.25) is 0 Å². The van der Waals surface area contributed by atoms with Crippen LogP contribution in [-0.4, -0.2) is 4.98 Å². The first-order valence-corrected chi connectivity index (χ1v) is 5.71. The summed E-state index contributed by atoms with van der Waals surface area (Å²) in [6.07, 6.45) is 2.80. The van der Waals surface area contributed by atoms with Crippen LogP contribution in [0.3, 0.4) is 0 Å². The van der Waals surface area contributed by atoms with Crippen molar-refractivity contribution in [3.05, 3.63) is 51.7 Å². The van der Waals surface area contributed by atoms with Gasteiger partial charge in [-0.2, -0.15) is 0 Å². The predicted octanol–water partition coefficient (Wildman–Crippen LogP) is 2.14. The Labute approximate surface area is 97.1 Å². The van der Waals surface area contributed by atoms with Crippen LogP contribution in [0.25, 0.3) is 0 Å². The standard InChI is InChI=1S/C11H12FN3S/c1-7-2-3-16-11(7)10(15-13)8-4-9(12)6-14-5-8/h2-6,10,15H,13H2,1H3. The number of halogens is 1. The van der Waals surface area contributed by atoms with E-state index >= 15 is 0 Å². The number of aromatic nitrogens is 1. The van der Waals surface area contributed by atoms with E-state index < -0.39 is 0 Å². The molecule has 0 amide bonds. The van der Waals surface area contributed by atoms with Crippen molar-refractivity contribution in [2.75, 3.05) is 0 Å². The number of nitrogens with two attached hydrogens (primary N) is 1. The van der Waals surface area contributed by atoms with E-state index in [1.54, 1.807) is 17.5 Å². The lowest BCUT2D eigenvalue weighted by atomic mass is 10.1. The highest BCUT2D eigenvalue weighted by Gasteiger charge is 2.16. The summed E-state index contributed by atoms with van der Waals surface area (Å²) in [5.41, 5.74) is 4.56. The summed E-state index contributed by atoms with van der Waals surface area (Å²) in [6, 6.07) is 3.25. The highest BCUT2D eigenvalue weighted by atomic mass is 32.1. The number of hydrogen-bond donors (Lipinski definition) is 2. The van der Waals surface area contributed by atoms with Crippen LogP contribution < -0.4 is 11.3 Å². The summed E-state index contributed by atoms with van der Waals surface area (Å²) in [5, 5.41) is 1.99. The Morgan fingerprint density at radius 3 is 2.88 bits per heavy atom. The second kappa shape index (κ2) is 4.69. The molecule has 0 spiro atoms. The Morgan fingerprint density at radius 2 is 2.31 bits per heavy atom. The molecule has 0 aliphatic rings. The van der Waals surface area contributed by atoms with Crippen molar-refractivity contribution in [3.8, 4) is 0 Å². The lowest BCUT2D eigenvalue weighted by Gasteiger charge is -2.15. The summed E-state index contributed by atoms with van der Waals surface area (Å²) >= 11 is 1.59. The fraction of sp³-hybridized carbons (Fsp3) is 0.182. The Bertz CT molecular complexity index is 484. The van der Waals surface area contributed by atoms with Crippen LogP contribution in [0.5, 0.6) is 0 Å². The number of nitrogens with one attached hydrogen (secondary N) is 1. The van der Waals surface area contributed by atoms with Crippen molar-refractivity contribution in [1.82, 2.24) is 10.4 Å². The largest absolute Gasteiger partial charge is 0.271 e. The van der Waals surface area contributed by atoms with Gasteiger partial charge < -0.3 is 0 Å². The van der Waals surface area contributed by atoms with E-state index in [2.05, 4.69) is 10.4 Å². The van der Waals surface area contributed by atoms with Crippen LogP contribution >= 0.6 is 11.3 Å². The van der Waals surface area contributed by atoms with E-state index in [-0.39, 0.29) is 11.9 Å². The van der Waals surface area contributed by atoms with Crippen LogP contribution in [0.2, 0.25) is 0 Å². The van der Waals surface area contributed by atoms with E-state index in [0.29, 0.717) is 0 Å². The van der Waals surface area contributed by atoms with Gasteiger partial charge in [0, 0.05) is 11.1 Å². The Morgan fingerprint density at radius 1 is 1.50 bits per heavy atom. The molecule has 2 aromatic heterocycles. The zero-order chi connectivity index (χ0) is 11.5. The number of hydrazine groups is 1. The second-order valence-electron chi connectivity index (χ2n) is 3.50. The maximum Gasteiger partial charge on any atom is 0.141 e. The van der Waals surface area contributed by atoms with Crippen molar-refractivity contribution in [2.45, 2.75) is 13.0 Å². The van der Waals surface area contributed by atoms with Crippen LogP contribution in [0.15, 0.2) is 29.9 Å². The number of nitrogens with zero attached hydrogens (tertiary/aromatic N) is 1. The molecule has 16 heavy (non-hydrogen) atoms. The molecule has 0 radical (unpaired) electrons. The third-order valence-electron chi connectivity index (χ3n) is 2.39. The third kappa shape index (κ3) is 2.11. The van der Waals surface area contributed by atoms with E-state index in [0.717, 1.165) is 16.0 Å². The Kier molecular flexibility index (Phi) is 3.28. The zero-order valence-corrected chi connectivity index (χ0v) is 9.59. The summed E-state index contributed by atoms with van der Waals surface area (Å²) < 4.78 is 13.1. The molecule has 2 aromatic rings. The van der Waals surface area contributed by atoms with Crippen LogP contribution in [-0.2, 0) is 0 Å². The number of pyridine rings is 1. The number of thiophene rings is 1. The maximum atomic E-state index is 13.1. The van der Waals surface area contributed by atoms with Crippen molar-refractivity contribution in [1.29, 1.82) is 0 Å². The van der Waals surface area contributed by atoms with Crippen molar-refractivity contribution in [2.24, 2.45) is 5.84 Å². The van der Waals surface area contributed by atoms with Crippen molar-refractivity contribution < 1.29 is 4.39 Å². The molecule has 0 aromatic carbocycles. The number of hydrogen-bond acceptors (Lipinski definition) is 4. The maximum absolute atomic E-state index is 13.1. The molecule has 0 aliphatic carbocycles. The highest BCUT2D eigenvalue weighted by Crippen LogP contribution is 2.28. The van der Waals surface area contributed by atoms with Gasteiger partial charge in [-0.05, 0) is 35.6 Å². The van der Waals surface area contributed by atoms with E-state index in [9.17, 15) is 4.39 Å². The van der Waals surface area contributed by atoms with Gasteiger partial charge in [0.15, 0.2) is 0 Å². The lowest BCUT2D eigenvalue weighted by Crippen LogP contribution is -2.28.